The molecule has 3 aromatic rings. The molecule has 7 heteroatoms. The first-order valence-corrected chi connectivity index (χ1v) is 13.2. The molecule has 5 atom stereocenters. The smallest absolute Gasteiger partial charge is 0.307 e. The minimum atomic E-state index is -0.912. The quantitative estimate of drug-likeness (QED) is 0.282. The van der Waals surface area contributed by atoms with E-state index in [0.29, 0.717) is 35.3 Å². The SMILES string of the molecule is COc1cc2c(cc1NC(=O)[C@@H](C)OC(=O)CC13C[C@@H]4C[C@@H](CC(Br)(C4)C1)C3)oc1ccccc12. The average Bonchev–Trinajstić information content (AvgIpc) is 3.13. The van der Waals surface area contributed by atoms with Gasteiger partial charge in [0.1, 0.15) is 16.9 Å². The number of alkyl halides is 1. The number of furan rings is 1. The third kappa shape index (κ3) is 4.11. The first kappa shape index (κ1) is 22.9. The number of hydrogen-bond acceptors (Lipinski definition) is 5. The van der Waals surface area contributed by atoms with Crippen molar-refractivity contribution in [2.75, 3.05) is 12.4 Å². The molecule has 0 aliphatic heterocycles. The van der Waals surface area contributed by atoms with Crippen LogP contribution in [0.4, 0.5) is 5.69 Å². The number of amides is 1. The van der Waals surface area contributed by atoms with Gasteiger partial charge in [-0.25, -0.2) is 0 Å². The lowest BCUT2D eigenvalue weighted by Gasteiger charge is -2.60. The lowest BCUT2D eigenvalue weighted by Crippen LogP contribution is -2.53. The molecule has 4 saturated carbocycles. The molecule has 2 aromatic carbocycles. The van der Waals surface area contributed by atoms with E-state index in [-0.39, 0.29) is 15.7 Å². The Hall–Kier alpha value is -2.54. The van der Waals surface area contributed by atoms with Crippen molar-refractivity contribution in [3.8, 4) is 5.75 Å². The van der Waals surface area contributed by atoms with Crippen molar-refractivity contribution in [2.24, 2.45) is 17.3 Å². The van der Waals surface area contributed by atoms with E-state index in [1.54, 1.807) is 20.1 Å². The monoisotopic (exact) mass is 539 g/mol. The number of benzene rings is 2. The Morgan fingerprint density at radius 2 is 1.86 bits per heavy atom. The molecule has 2 unspecified atom stereocenters. The van der Waals surface area contributed by atoms with Crippen molar-refractivity contribution in [1.29, 1.82) is 0 Å². The number of ether oxygens (including phenoxy) is 2. The standard InChI is InChI=1S/C28H30BrNO5/c1-16(34-25(31)14-27-10-17-7-18(11-27)13-28(29,12-17)15-27)26(32)30-21-9-23-20(8-24(21)33-2)19-5-3-4-6-22(19)35-23/h3-6,8-9,16-18H,7,10-15H2,1-2H3,(H,30,32)/t16-,17-,18+,27?,28?/m1/s1. The van der Waals surface area contributed by atoms with E-state index in [2.05, 4.69) is 21.2 Å². The first-order chi connectivity index (χ1) is 16.7. The van der Waals surface area contributed by atoms with Gasteiger partial charge in [0.05, 0.1) is 19.2 Å². The van der Waals surface area contributed by atoms with Crippen molar-refractivity contribution in [3.63, 3.8) is 0 Å². The minimum Gasteiger partial charge on any atom is -0.495 e. The summed E-state index contributed by atoms with van der Waals surface area (Å²) >= 11 is 4.00. The van der Waals surface area contributed by atoms with Crippen molar-refractivity contribution in [2.45, 2.75) is 62.3 Å². The Morgan fingerprint density at radius 1 is 1.11 bits per heavy atom. The summed E-state index contributed by atoms with van der Waals surface area (Å²) in [5.74, 6) is 1.24. The number of carbonyl (C=O) groups excluding carboxylic acids is 2. The fraction of sp³-hybridized carbons (Fsp3) is 0.500. The van der Waals surface area contributed by atoms with E-state index in [9.17, 15) is 9.59 Å². The highest BCUT2D eigenvalue weighted by atomic mass is 79.9. The second-order valence-electron chi connectivity index (χ2n) is 11.1. The van der Waals surface area contributed by atoms with Crippen LogP contribution >= 0.6 is 15.9 Å². The summed E-state index contributed by atoms with van der Waals surface area (Å²) in [4.78, 5) is 25.9. The Morgan fingerprint density at radius 3 is 2.57 bits per heavy atom. The van der Waals surface area contributed by atoms with Gasteiger partial charge in [-0.3, -0.25) is 9.59 Å². The molecule has 1 N–H and O–H groups in total. The molecule has 4 aliphatic carbocycles. The van der Waals surface area contributed by atoms with Gasteiger partial charge in [-0.15, -0.1) is 0 Å². The van der Waals surface area contributed by atoms with E-state index in [4.69, 9.17) is 13.9 Å². The zero-order chi connectivity index (χ0) is 24.4. The van der Waals surface area contributed by atoms with E-state index >= 15 is 0 Å². The average molecular weight is 540 g/mol. The number of halogens is 1. The molecule has 0 radical (unpaired) electrons. The molecule has 184 valence electrons. The van der Waals surface area contributed by atoms with Gasteiger partial charge < -0.3 is 19.2 Å². The van der Waals surface area contributed by atoms with Gasteiger partial charge in [0.25, 0.3) is 5.91 Å². The molecule has 1 heterocycles. The predicted octanol–water partition coefficient (Wildman–Crippen LogP) is 6.59. The van der Waals surface area contributed by atoms with E-state index < -0.39 is 12.0 Å². The normalized spacial score (nSPS) is 29.9. The predicted molar refractivity (Wildman–Crippen MR) is 138 cm³/mol. The summed E-state index contributed by atoms with van der Waals surface area (Å²) in [5, 5.41) is 4.75. The molecule has 6 nitrogen and oxygen atoms in total. The summed E-state index contributed by atoms with van der Waals surface area (Å²) in [6.07, 6.45) is 6.43. The number of anilines is 1. The molecule has 7 rings (SSSR count). The topological polar surface area (TPSA) is 77.8 Å². The molecule has 35 heavy (non-hydrogen) atoms. The molecule has 0 spiro atoms. The number of rotatable bonds is 6. The van der Waals surface area contributed by atoms with Crippen LogP contribution in [0.25, 0.3) is 21.9 Å². The zero-order valence-electron chi connectivity index (χ0n) is 20.1. The maximum atomic E-state index is 13.0. The van der Waals surface area contributed by atoms with Gasteiger partial charge in [-0.1, -0.05) is 34.1 Å². The molecular formula is C28H30BrNO5. The molecule has 4 fully saturated rings. The third-order valence-electron chi connectivity index (χ3n) is 8.26. The van der Waals surface area contributed by atoms with Crippen LogP contribution < -0.4 is 10.1 Å². The summed E-state index contributed by atoms with van der Waals surface area (Å²) in [7, 11) is 1.56. The maximum absolute atomic E-state index is 13.0. The molecule has 1 aromatic heterocycles. The second-order valence-corrected chi connectivity index (χ2v) is 12.7. The highest BCUT2D eigenvalue weighted by Crippen LogP contribution is 2.65. The maximum Gasteiger partial charge on any atom is 0.307 e. The fourth-order valence-electron chi connectivity index (χ4n) is 7.39. The van der Waals surface area contributed by atoms with Gasteiger partial charge in [0.2, 0.25) is 0 Å². The van der Waals surface area contributed by atoms with Gasteiger partial charge in [-0.2, -0.15) is 0 Å². The van der Waals surface area contributed by atoms with Crippen molar-refractivity contribution in [1.82, 2.24) is 0 Å². The number of fused-ring (bicyclic) bond motifs is 3. The number of hydrogen-bond donors (Lipinski definition) is 1. The minimum absolute atomic E-state index is 0.0103. The van der Waals surface area contributed by atoms with Crippen LogP contribution in [0.15, 0.2) is 40.8 Å². The second kappa shape index (κ2) is 8.26. The van der Waals surface area contributed by atoms with Crippen molar-refractivity contribution in [3.05, 3.63) is 36.4 Å². The first-order valence-electron chi connectivity index (χ1n) is 12.4. The summed E-state index contributed by atoms with van der Waals surface area (Å²) < 4.78 is 17.3. The summed E-state index contributed by atoms with van der Waals surface area (Å²) in [5.41, 5.74) is 1.91. The van der Waals surface area contributed by atoms with Crippen LogP contribution in [-0.4, -0.2) is 29.4 Å². The van der Waals surface area contributed by atoms with Crippen LogP contribution in [0.5, 0.6) is 5.75 Å². The van der Waals surface area contributed by atoms with Gasteiger partial charge >= 0.3 is 5.97 Å². The Kier molecular flexibility index (Phi) is 5.40. The molecular weight excluding hydrogens is 510 g/mol. The summed E-state index contributed by atoms with van der Waals surface area (Å²) in [6.45, 7) is 1.62. The van der Waals surface area contributed by atoms with E-state index in [1.165, 1.54) is 19.3 Å². The highest BCUT2D eigenvalue weighted by molar-refractivity contribution is 9.10. The van der Waals surface area contributed by atoms with E-state index in [0.717, 1.165) is 35.6 Å². The number of nitrogens with one attached hydrogen (secondary N) is 1. The Labute approximate surface area is 212 Å². The molecule has 0 saturated heterocycles. The van der Waals surface area contributed by atoms with Crippen molar-refractivity contribution < 1.29 is 23.5 Å². The molecule has 4 aliphatic rings. The van der Waals surface area contributed by atoms with Crippen LogP contribution in [0.2, 0.25) is 0 Å². The number of carbonyl (C=O) groups is 2. The lowest BCUT2D eigenvalue weighted by atomic mass is 9.49. The molecule has 1 amide bonds. The third-order valence-corrected chi connectivity index (χ3v) is 9.19. The van der Waals surface area contributed by atoms with Crippen LogP contribution in [0.3, 0.4) is 0 Å². The van der Waals surface area contributed by atoms with Crippen molar-refractivity contribution >= 4 is 55.4 Å². The summed E-state index contributed by atoms with van der Waals surface area (Å²) in [6, 6.07) is 11.4. The van der Waals surface area contributed by atoms with Gasteiger partial charge in [0, 0.05) is 21.2 Å². The van der Waals surface area contributed by atoms with E-state index in [1.807, 2.05) is 30.3 Å². The van der Waals surface area contributed by atoms with Crippen LogP contribution in [0.1, 0.15) is 51.9 Å². The highest BCUT2D eigenvalue weighted by Gasteiger charge is 2.57. The lowest BCUT2D eigenvalue weighted by molar-refractivity contribution is -0.159. The molecule has 4 bridgehead atoms. The zero-order valence-corrected chi connectivity index (χ0v) is 21.7. The largest absolute Gasteiger partial charge is 0.495 e. The van der Waals surface area contributed by atoms with Gasteiger partial charge in [-0.05, 0) is 74.8 Å². The Bertz CT molecular complexity index is 1320. The van der Waals surface area contributed by atoms with Crippen LogP contribution in [-0.2, 0) is 14.3 Å². The fourth-order valence-corrected chi connectivity index (χ4v) is 8.90. The van der Waals surface area contributed by atoms with Gasteiger partial charge in [0.15, 0.2) is 6.10 Å². The number of esters is 1. The number of para-hydroxylation sites is 1. The Balaban J connectivity index is 1.15. The number of methoxy groups -OCH3 is 1. The van der Waals surface area contributed by atoms with Crippen LogP contribution in [0, 0.1) is 17.3 Å².